The Morgan fingerprint density at radius 1 is 0.750 bits per heavy atom. The van der Waals surface area contributed by atoms with E-state index < -0.39 is 71.8 Å². The zero-order valence-electron chi connectivity index (χ0n) is 30.5. The Bertz CT molecular complexity index is 1500. The molecule has 2 heterocycles. The Balaban J connectivity index is 2.96. The molecule has 1 atom stereocenters. The number of fused-ring (bicyclic) bond motifs is 1. The first-order valence-electron chi connectivity index (χ1n) is 15.4. The maximum absolute atomic E-state index is 13.7. The van der Waals surface area contributed by atoms with E-state index in [1.165, 1.54) is 10.9 Å². The summed E-state index contributed by atoms with van der Waals surface area (Å²) in [5.41, 5.74) is -4.42. The maximum atomic E-state index is 13.7. The van der Waals surface area contributed by atoms with E-state index in [0.29, 0.717) is 9.80 Å². The number of nitrogens with zero attached hydrogens (tertiary/aromatic N) is 6. The van der Waals surface area contributed by atoms with E-state index in [1.807, 2.05) is 0 Å². The van der Waals surface area contributed by atoms with Gasteiger partial charge in [0.1, 0.15) is 22.4 Å². The summed E-state index contributed by atoms with van der Waals surface area (Å²) in [6, 6.07) is 0. The highest BCUT2D eigenvalue weighted by Crippen LogP contribution is 2.37. The molecule has 0 radical (unpaired) electrons. The van der Waals surface area contributed by atoms with Gasteiger partial charge in [0.15, 0.2) is 17.0 Å². The average Bonchev–Trinajstić information content (AvgIpc) is 3.20. The Kier molecular flexibility index (Phi) is 12.1. The lowest BCUT2D eigenvalue weighted by atomic mass is 10.2. The molecule has 0 aromatic carbocycles. The molecule has 0 bridgehead atoms. The molecular weight excluding hydrogens is 647 g/mol. The lowest BCUT2D eigenvalue weighted by molar-refractivity contribution is 0.0411. The predicted octanol–water partition coefficient (Wildman–Crippen LogP) is 6.55. The Morgan fingerprint density at radius 2 is 1.15 bits per heavy atom. The lowest BCUT2D eigenvalue weighted by Gasteiger charge is -2.29. The smallest absolute Gasteiger partial charge is 0.427 e. The van der Waals surface area contributed by atoms with Crippen LogP contribution < -0.4 is 9.80 Å². The molecule has 0 unspecified atom stereocenters. The van der Waals surface area contributed by atoms with Gasteiger partial charge >= 0.3 is 24.4 Å². The quantitative estimate of drug-likeness (QED) is 0.242. The fraction of sp³-hybridized carbons (Fsp3) is 0.710. The Morgan fingerprint density at radius 3 is 1.52 bits per heavy atom. The number of hydrogen-bond donors (Lipinski definition) is 1. The van der Waals surface area contributed by atoms with Gasteiger partial charge in [0.25, 0.3) is 0 Å². The van der Waals surface area contributed by atoms with Crippen LogP contribution >= 0.6 is 7.14 Å². The van der Waals surface area contributed by atoms with E-state index in [2.05, 4.69) is 15.0 Å². The molecule has 2 aromatic rings. The predicted molar refractivity (Wildman–Crippen MR) is 180 cm³/mol. The van der Waals surface area contributed by atoms with E-state index in [1.54, 1.807) is 96.4 Å². The van der Waals surface area contributed by atoms with E-state index in [9.17, 15) is 28.8 Å². The molecule has 0 saturated carbocycles. The number of imidazole rings is 1. The number of anilines is 2. The molecule has 0 aliphatic rings. The van der Waals surface area contributed by atoms with E-state index in [0.717, 1.165) is 0 Å². The third kappa shape index (κ3) is 12.7. The van der Waals surface area contributed by atoms with Crippen LogP contribution in [0.1, 0.15) is 89.5 Å². The Hall–Kier alpha value is -3.78. The van der Waals surface area contributed by atoms with E-state index in [-0.39, 0.29) is 30.3 Å². The van der Waals surface area contributed by atoms with Crippen molar-refractivity contribution in [3.05, 3.63) is 6.33 Å². The van der Waals surface area contributed by atoms with Crippen molar-refractivity contribution in [3.8, 4) is 0 Å². The van der Waals surface area contributed by atoms with Gasteiger partial charge < -0.3 is 33.2 Å². The van der Waals surface area contributed by atoms with Crippen molar-refractivity contribution in [2.75, 3.05) is 29.3 Å². The van der Waals surface area contributed by atoms with E-state index >= 15 is 0 Å². The number of carbonyl (C=O) groups excluding carboxylic acids is 4. The number of aliphatic hydroxyl groups excluding tert-OH is 1. The number of ether oxygens (including phenoxy) is 4. The average molecular weight is 699 g/mol. The third-order valence-corrected chi connectivity index (χ3v) is 6.80. The standard InChI is InChI=1S/C31H51N6O10P/c1-28(2,3)44-24(39)36(25(40)45-29(4,5)6)22-20-21(35(18-32-20)16-15-19(38)17-48(13,14)43)33-23(34-22)37(26(41)46-30(7,8)9)27(42)47-31(10,11)12/h18-19,38H,15-17H2,1-14H3/t19-/m1/s1. The zero-order valence-corrected chi connectivity index (χ0v) is 31.4. The van der Waals surface area contributed by atoms with Gasteiger partial charge in [-0.3, -0.25) is 0 Å². The summed E-state index contributed by atoms with van der Waals surface area (Å²) in [5.74, 6) is -1.09. The fourth-order valence-electron chi connectivity index (χ4n) is 3.94. The molecular formula is C31H51N6O10P. The molecule has 48 heavy (non-hydrogen) atoms. The van der Waals surface area contributed by atoms with Crippen molar-refractivity contribution < 1.29 is 47.8 Å². The molecule has 4 amide bonds. The third-order valence-electron chi connectivity index (χ3n) is 5.50. The van der Waals surface area contributed by atoms with Crippen LogP contribution in [-0.4, -0.2) is 97.0 Å². The first-order chi connectivity index (χ1) is 21.5. The second-order valence-electron chi connectivity index (χ2n) is 15.7. The van der Waals surface area contributed by atoms with Gasteiger partial charge in [-0.15, -0.1) is 4.90 Å². The molecule has 0 fully saturated rings. The van der Waals surface area contributed by atoms with Crippen molar-refractivity contribution in [1.82, 2.24) is 19.5 Å². The number of amides is 4. The first kappa shape index (κ1) is 40.4. The molecule has 2 rings (SSSR count). The van der Waals surface area contributed by atoms with Gasteiger partial charge in [-0.25, -0.2) is 24.2 Å². The van der Waals surface area contributed by atoms with Crippen molar-refractivity contribution in [2.45, 2.75) is 125 Å². The minimum Gasteiger partial charge on any atom is -0.443 e. The van der Waals surface area contributed by atoms with E-state index in [4.69, 9.17) is 18.9 Å². The number of aliphatic hydroxyl groups is 1. The van der Waals surface area contributed by atoms with Crippen molar-refractivity contribution in [1.29, 1.82) is 0 Å². The second kappa shape index (κ2) is 14.4. The van der Waals surface area contributed by atoms with Gasteiger partial charge in [0, 0.05) is 12.7 Å². The van der Waals surface area contributed by atoms with Crippen LogP contribution in [0.25, 0.3) is 11.2 Å². The summed E-state index contributed by atoms with van der Waals surface area (Å²) in [7, 11) is -2.55. The van der Waals surface area contributed by atoms with Gasteiger partial charge in [0.05, 0.1) is 19.6 Å². The summed E-state index contributed by atoms with van der Waals surface area (Å²) in [6.45, 7) is 22.3. The molecule has 2 aromatic heterocycles. The number of rotatable bonds is 7. The highest BCUT2D eigenvalue weighted by Gasteiger charge is 2.40. The van der Waals surface area contributed by atoms with Crippen LogP contribution in [0.3, 0.4) is 0 Å². The lowest BCUT2D eigenvalue weighted by Crippen LogP contribution is -2.46. The first-order valence-corrected chi connectivity index (χ1v) is 18.2. The highest BCUT2D eigenvalue weighted by atomic mass is 31.2. The fourth-order valence-corrected chi connectivity index (χ4v) is 5.14. The number of aromatic nitrogens is 4. The van der Waals surface area contributed by atoms with Crippen LogP contribution in [0.2, 0.25) is 0 Å². The maximum Gasteiger partial charge on any atom is 0.427 e. The minimum atomic E-state index is -2.55. The minimum absolute atomic E-state index is 0.0346. The molecule has 0 aliphatic carbocycles. The highest BCUT2D eigenvalue weighted by molar-refractivity contribution is 7.62. The molecule has 16 nitrogen and oxygen atoms in total. The van der Waals surface area contributed by atoms with Crippen molar-refractivity contribution in [3.63, 3.8) is 0 Å². The monoisotopic (exact) mass is 698 g/mol. The number of hydrogen-bond acceptors (Lipinski definition) is 13. The zero-order chi connectivity index (χ0) is 37.2. The van der Waals surface area contributed by atoms with Crippen LogP contribution in [0, 0.1) is 0 Å². The van der Waals surface area contributed by atoms with Crippen LogP contribution in [0.4, 0.5) is 30.9 Å². The molecule has 17 heteroatoms. The molecule has 1 N–H and O–H groups in total. The van der Waals surface area contributed by atoms with Gasteiger partial charge in [-0.05, 0) is 103 Å². The SMILES string of the molecule is CC(C)(C)OC(=O)N(C(=O)OC(C)(C)C)c1nc(N(C(=O)OC(C)(C)C)C(=O)OC(C)(C)C)c2ncn(CC[C@@H](O)CP(C)(C)=O)c2n1. The summed E-state index contributed by atoms with van der Waals surface area (Å²) < 4.78 is 35.8. The summed E-state index contributed by atoms with van der Waals surface area (Å²) >= 11 is 0. The van der Waals surface area contributed by atoms with Crippen molar-refractivity contribution >= 4 is 54.4 Å². The normalized spacial score (nSPS) is 13.5. The summed E-state index contributed by atoms with van der Waals surface area (Å²) in [4.78, 5) is 68.5. The molecule has 0 spiro atoms. The van der Waals surface area contributed by atoms with Gasteiger partial charge in [0.2, 0.25) is 5.95 Å². The molecule has 270 valence electrons. The molecule has 0 saturated heterocycles. The number of carbonyl (C=O) groups is 4. The second-order valence-corrected chi connectivity index (χ2v) is 19.3. The van der Waals surface area contributed by atoms with Gasteiger partial charge in [-0.2, -0.15) is 14.9 Å². The number of imide groups is 2. The number of aryl methyl sites for hydroxylation is 1. The largest absolute Gasteiger partial charge is 0.443 e. The van der Waals surface area contributed by atoms with Crippen LogP contribution in [0.5, 0.6) is 0 Å². The summed E-state index contributed by atoms with van der Waals surface area (Å²) in [5, 5.41) is 10.6. The van der Waals surface area contributed by atoms with Gasteiger partial charge in [-0.1, -0.05) is 0 Å². The molecule has 0 aliphatic heterocycles. The van der Waals surface area contributed by atoms with Crippen molar-refractivity contribution in [2.24, 2.45) is 0 Å². The topological polar surface area (TPSA) is 193 Å². The Labute approximate surface area is 281 Å². The van der Waals surface area contributed by atoms with Crippen LogP contribution in [0.15, 0.2) is 6.33 Å². The summed E-state index contributed by atoms with van der Waals surface area (Å²) in [6.07, 6.45) is -4.20. The van der Waals surface area contributed by atoms with Crippen LogP contribution in [-0.2, 0) is 30.1 Å².